The second-order valence-electron chi connectivity index (χ2n) is 4.97. The Kier molecular flexibility index (Phi) is 4.02. The second-order valence-corrected chi connectivity index (χ2v) is 4.97. The molecule has 4 nitrogen and oxygen atoms in total. The van der Waals surface area contributed by atoms with E-state index in [0.29, 0.717) is 17.5 Å². The summed E-state index contributed by atoms with van der Waals surface area (Å²) in [5.41, 5.74) is 5.91. The van der Waals surface area contributed by atoms with Crippen LogP contribution in [0.3, 0.4) is 0 Å². The third-order valence-corrected chi connectivity index (χ3v) is 2.96. The summed E-state index contributed by atoms with van der Waals surface area (Å²) in [6.45, 7) is 5.38. The molecule has 1 heterocycles. The van der Waals surface area contributed by atoms with Crippen LogP contribution in [0.2, 0.25) is 0 Å². The number of aromatic nitrogens is 2. The Morgan fingerprint density at radius 2 is 1.81 bits per heavy atom. The van der Waals surface area contributed by atoms with Crippen molar-refractivity contribution in [3.8, 4) is 0 Å². The Labute approximate surface area is 120 Å². The molecule has 0 aliphatic heterocycles. The van der Waals surface area contributed by atoms with E-state index in [1.165, 1.54) is 0 Å². The van der Waals surface area contributed by atoms with Gasteiger partial charge < -0.3 is 11.1 Å². The number of anilines is 3. The summed E-state index contributed by atoms with van der Waals surface area (Å²) in [5.74, 6) is -2.44. The number of rotatable bonds is 3. The fourth-order valence-corrected chi connectivity index (χ4v) is 1.71. The van der Waals surface area contributed by atoms with Crippen molar-refractivity contribution in [2.75, 3.05) is 11.1 Å². The number of hydrogen-bond acceptors (Lipinski definition) is 4. The average molecular weight is 296 g/mol. The topological polar surface area (TPSA) is 63.8 Å². The SMILES string of the molecule is Cc1c(N)nc(C(C)C)nc1Nc1cc(F)cc(F)c1F. The predicted molar refractivity (Wildman–Crippen MR) is 74.9 cm³/mol. The van der Waals surface area contributed by atoms with Crippen molar-refractivity contribution >= 4 is 17.3 Å². The largest absolute Gasteiger partial charge is 0.383 e. The lowest BCUT2D eigenvalue weighted by molar-refractivity contribution is 0.498. The van der Waals surface area contributed by atoms with Gasteiger partial charge in [0.05, 0.1) is 5.69 Å². The van der Waals surface area contributed by atoms with Gasteiger partial charge in [0.15, 0.2) is 11.6 Å². The lowest BCUT2D eigenvalue weighted by Crippen LogP contribution is -2.09. The summed E-state index contributed by atoms with van der Waals surface area (Å²) >= 11 is 0. The Bertz CT molecular complexity index is 686. The van der Waals surface area contributed by atoms with Gasteiger partial charge in [0.2, 0.25) is 0 Å². The lowest BCUT2D eigenvalue weighted by Gasteiger charge is -2.14. The molecule has 0 amide bonds. The molecule has 0 atom stereocenters. The first-order chi connectivity index (χ1) is 9.79. The van der Waals surface area contributed by atoms with E-state index in [-0.39, 0.29) is 23.2 Å². The average Bonchev–Trinajstić information content (AvgIpc) is 2.40. The molecule has 0 bridgehead atoms. The minimum atomic E-state index is -1.28. The summed E-state index contributed by atoms with van der Waals surface area (Å²) in [5, 5.41) is 2.57. The first kappa shape index (κ1) is 15.1. The first-order valence-electron chi connectivity index (χ1n) is 6.35. The van der Waals surface area contributed by atoms with Crippen molar-refractivity contribution in [3.05, 3.63) is 41.0 Å². The van der Waals surface area contributed by atoms with Crippen molar-refractivity contribution in [1.82, 2.24) is 9.97 Å². The molecule has 0 aliphatic rings. The summed E-state index contributed by atoms with van der Waals surface area (Å²) in [7, 11) is 0. The third kappa shape index (κ3) is 3.07. The molecule has 0 spiro atoms. The van der Waals surface area contributed by atoms with E-state index in [1.54, 1.807) is 6.92 Å². The van der Waals surface area contributed by atoms with Gasteiger partial charge in [-0.1, -0.05) is 13.8 Å². The Hall–Kier alpha value is -2.31. The maximum Gasteiger partial charge on any atom is 0.182 e. The van der Waals surface area contributed by atoms with Crippen molar-refractivity contribution in [3.63, 3.8) is 0 Å². The van der Waals surface area contributed by atoms with Gasteiger partial charge in [-0.3, -0.25) is 0 Å². The molecule has 1 aromatic heterocycles. The van der Waals surface area contributed by atoms with Crippen LogP contribution in [-0.2, 0) is 0 Å². The van der Waals surface area contributed by atoms with Crippen molar-refractivity contribution < 1.29 is 13.2 Å². The highest BCUT2D eigenvalue weighted by Crippen LogP contribution is 2.27. The molecule has 0 unspecified atom stereocenters. The van der Waals surface area contributed by atoms with Gasteiger partial charge in [0.25, 0.3) is 0 Å². The number of nitrogens with two attached hydrogens (primary N) is 1. The van der Waals surface area contributed by atoms with E-state index in [4.69, 9.17) is 5.73 Å². The molecular weight excluding hydrogens is 281 g/mol. The van der Waals surface area contributed by atoms with E-state index in [2.05, 4.69) is 15.3 Å². The van der Waals surface area contributed by atoms with Crippen LogP contribution in [0.4, 0.5) is 30.5 Å². The highest BCUT2D eigenvalue weighted by molar-refractivity contribution is 5.64. The molecule has 3 N–H and O–H groups in total. The molecule has 0 radical (unpaired) electrons. The number of hydrogen-bond donors (Lipinski definition) is 2. The van der Waals surface area contributed by atoms with Crippen LogP contribution in [0.5, 0.6) is 0 Å². The zero-order valence-corrected chi connectivity index (χ0v) is 11.8. The molecule has 0 saturated heterocycles. The fraction of sp³-hybridized carbons (Fsp3) is 0.286. The summed E-state index contributed by atoms with van der Waals surface area (Å²) in [6, 6.07) is 1.33. The molecular formula is C14H15F3N4. The van der Waals surface area contributed by atoms with Crippen LogP contribution >= 0.6 is 0 Å². The van der Waals surface area contributed by atoms with Crippen LogP contribution in [0.1, 0.15) is 31.2 Å². The molecule has 2 rings (SSSR count). The fourth-order valence-electron chi connectivity index (χ4n) is 1.71. The number of halogens is 3. The number of nitrogens with zero attached hydrogens (tertiary/aromatic N) is 2. The minimum absolute atomic E-state index is 0.00235. The smallest absolute Gasteiger partial charge is 0.182 e. The van der Waals surface area contributed by atoms with E-state index in [1.807, 2.05) is 13.8 Å². The Balaban J connectivity index is 2.49. The third-order valence-electron chi connectivity index (χ3n) is 2.96. The standard InChI is InChI=1S/C14H15F3N4/c1-6(2)13-20-12(18)7(3)14(21-13)19-10-5-8(15)4-9(16)11(10)17/h4-6H,1-3H3,(H3,18,19,20,21). The normalized spacial score (nSPS) is 11.0. The maximum atomic E-state index is 13.7. The van der Waals surface area contributed by atoms with Crippen molar-refractivity contribution in [2.24, 2.45) is 0 Å². The lowest BCUT2D eigenvalue weighted by atomic mass is 10.2. The molecule has 0 saturated carbocycles. The monoisotopic (exact) mass is 296 g/mol. The highest BCUT2D eigenvalue weighted by Gasteiger charge is 2.15. The molecule has 7 heteroatoms. The Morgan fingerprint density at radius 1 is 1.14 bits per heavy atom. The molecule has 0 fully saturated rings. The van der Waals surface area contributed by atoms with Crippen LogP contribution in [0.25, 0.3) is 0 Å². The van der Waals surface area contributed by atoms with E-state index in [0.717, 1.165) is 6.07 Å². The van der Waals surface area contributed by atoms with Crippen LogP contribution in [0.15, 0.2) is 12.1 Å². The molecule has 0 aliphatic carbocycles. The van der Waals surface area contributed by atoms with E-state index >= 15 is 0 Å². The zero-order valence-electron chi connectivity index (χ0n) is 11.8. The first-order valence-corrected chi connectivity index (χ1v) is 6.35. The summed E-state index contributed by atoms with van der Waals surface area (Å²) in [6.07, 6.45) is 0. The van der Waals surface area contributed by atoms with Gasteiger partial charge in [-0.15, -0.1) is 0 Å². The predicted octanol–water partition coefficient (Wildman–Crippen LogP) is 3.65. The minimum Gasteiger partial charge on any atom is -0.383 e. The summed E-state index contributed by atoms with van der Waals surface area (Å²) < 4.78 is 40.1. The van der Waals surface area contributed by atoms with Gasteiger partial charge in [0.1, 0.15) is 23.3 Å². The maximum absolute atomic E-state index is 13.7. The van der Waals surface area contributed by atoms with Gasteiger partial charge in [-0.05, 0) is 6.92 Å². The van der Waals surface area contributed by atoms with E-state index in [9.17, 15) is 13.2 Å². The quantitative estimate of drug-likeness (QED) is 0.849. The number of nitrogens with one attached hydrogen (secondary N) is 1. The molecule has 1 aromatic carbocycles. The van der Waals surface area contributed by atoms with Crippen molar-refractivity contribution in [1.29, 1.82) is 0 Å². The molecule has 21 heavy (non-hydrogen) atoms. The van der Waals surface area contributed by atoms with Gasteiger partial charge in [-0.2, -0.15) is 0 Å². The Morgan fingerprint density at radius 3 is 2.43 bits per heavy atom. The van der Waals surface area contributed by atoms with Gasteiger partial charge >= 0.3 is 0 Å². The van der Waals surface area contributed by atoms with Crippen LogP contribution in [0, 0.1) is 24.4 Å². The number of benzene rings is 1. The van der Waals surface area contributed by atoms with Gasteiger partial charge in [-0.25, -0.2) is 23.1 Å². The van der Waals surface area contributed by atoms with Crippen molar-refractivity contribution in [2.45, 2.75) is 26.7 Å². The van der Waals surface area contributed by atoms with Crippen LogP contribution in [-0.4, -0.2) is 9.97 Å². The second kappa shape index (κ2) is 5.59. The summed E-state index contributed by atoms with van der Waals surface area (Å²) in [4.78, 5) is 8.33. The zero-order chi connectivity index (χ0) is 15.7. The van der Waals surface area contributed by atoms with Crippen LogP contribution < -0.4 is 11.1 Å². The molecule has 112 valence electrons. The van der Waals surface area contributed by atoms with E-state index < -0.39 is 17.5 Å². The molecule has 2 aromatic rings. The highest BCUT2D eigenvalue weighted by atomic mass is 19.2. The number of nitrogen functional groups attached to an aromatic ring is 1. The van der Waals surface area contributed by atoms with Gasteiger partial charge in [0, 0.05) is 23.6 Å².